The van der Waals surface area contributed by atoms with Gasteiger partial charge >= 0.3 is 0 Å². The van der Waals surface area contributed by atoms with Gasteiger partial charge in [-0.05, 0) is 38.5 Å². The third-order valence-corrected chi connectivity index (χ3v) is 5.02. The van der Waals surface area contributed by atoms with Crippen LogP contribution in [0.5, 0.6) is 0 Å². The molecule has 2 atom stereocenters. The van der Waals surface area contributed by atoms with Crippen LogP contribution < -0.4 is 5.73 Å². The highest BCUT2D eigenvalue weighted by Gasteiger charge is 2.42. The Hall–Kier alpha value is -0.160. The van der Waals surface area contributed by atoms with E-state index in [0.29, 0.717) is 18.7 Å². The second-order valence-electron chi connectivity index (χ2n) is 6.04. The van der Waals surface area contributed by atoms with Gasteiger partial charge in [0.1, 0.15) is 0 Å². The normalized spacial score (nSPS) is 27.4. The third kappa shape index (κ3) is 4.17. The van der Waals surface area contributed by atoms with Crippen LogP contribution in [0, 0.1) is 0 Å². The number of nitrogens with zero attached hydrogens (tertiary/aromatic N) is 1. The Bertz CT molecular complexity index is 259. The number of hydrogen-bond donors (Lipinski definition) is 1. The maximum Gasteiger partial charge on any atom is 0.0590 e. The molecule has 0 saturated heterocycles. The molecule has 1 saturated carbocycles. The Morgan fingerprint density at radius 3 is 2.50 bits per heavy atom. The molecule has 0 aromatic rings. The van der Waals surface area contributed by atoms with Crippen molar-refractivity contribution in [3.05, 3.63) is 0 Å². The van der Waals surface area contributed by atoms with E-state index in [1.54, 1.807) is 7.11 Å². The van der Waals surface area contributed by atoms with Gasteiger partial charge in [0.25, 0.3) is 0 Å². The van der Waals surface area contributed by atoms with Crippen molar-refractivity contribution in [3.63, 3.8) is 0 Å². The minimum absolute atomic E-state index is 0.0914. The lowest BCUT2D eigenvalue weighted by Gasteiger charge is -2.51. The predicted molar refractivity (Wildman–Crippen MR) is 84.0 cm³/mol. The summed E-state index contributed by atoms with van der Waals surface area (Å²) in [5, 5.41) is 0. The smallest absolute Gasteiger partial charge is 0.0590 e. The summed E-state index contributed by atoms with van der Waals surface area (Å²) in [6.07, 6.45) is 7.30. The molecule has 0 aromatic heterocycles. The summed E-state index contributed by atoms with van der Waals surface area (Å²) in [5.74, 6) is 0. The molecule has 0 amide bonds. The van der Waals surface area contributed by atoms with E-state index in [9.17, 15) is 0 Å². The first-order chi connectivity index (χ1) is 9.67. The Kier molecular flexibility index (Phi) is 8.03. The number of hydrogen-bond acceptors (Lipinski definition) is 4. The van der Waals surface area contributed by atoms with Crippen LogP contribution in [0.25, 0.3) is 0 Å². The van der Waals surface area contributed by atoms with Crippen molar-refractivity contribution in [1.29, 1.82) is 0 Å². The predicted octanol–water partition coefficient (Wildman–Crippen LogP) is 2.41. The fourth-order valence-electron chi connectivity index (χ4n) is 3.78. The number of ether oxygens (including phenoxy) is 2. The van der Waals surface area contributed by atoms with Crippen molar-refractivity contribution in [2.24, 2.45) is 5.73 Å². The molecule has 0 spiro atoms. The van der Waals surface area contributed by atoms with Crippen molar-refractivity contribution in [3.8, 4) is 0 Å². The van der Waals surface area contributed by atoms with Gasteiger partial charge in [-0.1, -0.05) is 13.8 Å². The molecule has 4 nitrogen and oxygen atoms in total. The first kappa shape index (κ1) is 17.9. The van der Waals surface area contributed by atoms with Crippen molar-refractivity contribution in [1.82, 2.24) is 4.90 Å². The van der Waals surface area contributed by atoms with E-state index in [1.807, 2.05) is 7.11 Å². The lowest BCUT2D eigenvalue weighted by molar-refractivity contribution is -0.0499. The number of methoxy groups -OCH3 is 2. The lowest BCUT2D eigenvalue weighted by atomic mass is 9.77. The Labute approximate surface area is 125 Å². The highest BCUT2D eigenvalue weighted by Crippen LogP contribution is 2.36. The summed E-state index contributed by atoms with van der Waals surface area (Å²) < 4.78 is 11.0. The molecule has 0 aliphatic heterocycles. The zero-order chi connectivity index (χ0) is 15.0. The van der Waals surface area contributed by atoms with Crippen molar-refractivity contribution in [2.75, 3.05) is 33.9 Å². The second kappa shape index (κ2) is 8.98. The van der Waals surface area contributed by atoms with Gasteiger partial charge in [0.15, 0.2) is 0 Å². The van der Waals surface area contributed by atoms with Gasteiger partial charge in [-0.15, -0.1) is 0 Å². The van der Waals surface area contributed by atoms with Crippen LogP contribution in [0.4, 0.5) is 0 Å². The Balaban J connectivity index is 2.92. The van der Waals surface area contributed by atoms with Crippen LogP contribution in [0.2, 0.25) is 0 Å². The molecule has 4 heteroatoms. The molecule has 1 aliphatic carbocycles. The molecule has 20 heavy (non-hydrogen) atoms. The third-order valence-electron chi connectivity index (χ3n) is 5.02. The van der Waals surface area contributed by atoms with Gasteiger partial charge < -0.3 is 15.2 Å². The average molecular weight is 286 g/mol. The van der Waals surface area contributed by atoms with Crippen molar-refractivity contribution < 1.29 is 9.47 Å². The van der Waals surface area contributed by atoms with Crippen LogP contribution in [0.15, 0.2) is 0 Å². The Morgan fingerprint density at radius 2 is 2.00 bits per heavy atom. The highest BCUT2D eigenvalue weighted by atomic mass is 16.5. The maximum absolute atomic E-state index is 6.24. The van der Waals surface area contributed by atoms with Gasteiger partial charge in [-0.3, -0.25) is 4.90 Å². The summed E-state index contributed by atoms with van der Waals surface area (Å²) >= 11 is 0. The summed E-state index contributed by atoms with van der Waals surface area (Å²) in [4.78, 5) is 2.63. The van der Waals surface area contributed by atoms with E-state index < -0.39 is 0 Å². The zero-order valence-corrected chi connectivity index (χ0v) is 13.9. The molecule has 0 bridgehead atoms. The molecule has 1 rings (SSSR count). The van der Waals surface area contributed by atoms with E-state index in [2.05, 4.69) is 18.7 Å². The zero-order valence-electron chi connectivity index (χ0n) is 13.9. The number of rotatable bonds is 9. The SMILES string of the molecule is CCC(CC)N(CCOC)C1(CN)CCCC(OC)C1. The standard InChI is InChI=1S/C16H34N2O2/c1-5-14(6-2)18(10-11-19-3)16(13-17)9-7-8-15(12-16)20-4/h14-15H,5-13,17H2,1-4H3. The fraction of sp³-hybridized carbons (Fsp3) is 1.00. The molecule has 0 aromatic carbocycles. The van der Waals surface area contributed by atoms with Gasteiger partial charge in [0.2, 0.25) is 0 Å². The lowest BCUT2D eigenvalue weighted by Crippen LogP contribution is -2.61. The largest absolute Gasteiger partial charge is 0.383 e. The Morgan fingerprint density at radius 1 is 1.30 bits per heavy atom. The van der Waals surface area contributed by atoms with Gasteiger partial charge in [-0.2, -0.15) is 0 Å². The highest BCUT2D eigenvalue weighted by molar-refractivity contribution is 4.99. The molecule has 120 valence electrons. The molecular weight excluding hydrogens is 252 g/mol. The first-order valence-corrected chi connectivity index (χ1v) is 8.16. The molecule has 2 unspecified atom stereocenters. The van der Waals surface area contributed by atoms with Crippen LogP contribution in [0.1, 0.15) is 52.4 Å². The average Bonchev–Trinajstić information content (AvgIpc) is 2.51. The van der Waals surface area contributed by atoms with Crippen LogP contribution in [-0.2, 0) is 9.47 Å². The topological polar surface area (TPSA) is 47.7 Å². The molecular formula is C16H34N2O2. The van der Waals surface area contributed by atoms with E-state index in [0.717, 1.165) is 19.6 Å². The summed E-state index contributed by atoms with van der Waals surface area (Å²) in [7, 11) is 3.60. The van der Waals surface area contributed by atoms with Gasteiger partial charge in [0, 0.05) is 38.9 Å². The molecule has 1 aliphatic rings. The molecule has 0 heterocycles. The van der Waals surface area contributed by atoms with E-state index in [-0.39, 0.29) is 5.54 Å². The fourth-order valence-corrected chi connectivity index (χ4v) is 3.78. The van der Waals surface area contributed by atoms with Crippen LogP contribution in [0.3, 0.4) is 0 Å². The minimum Gasteiger partial charge on any atom is -0.383 e. The van der Waals surface area contributed by atoms with Gasteiger partial charge in [-0.25, -0.2) is 0 Å². The van der Waals surface area contributed by atoms with Crippen LogP contribution >= 0.6 is 0 Å². The van der Waals surface area contributed by atoms with E-state index in [4.69, 9.17) is 15.2 Å². The minimum atomic E-state index is 0.0914. The monoisotopic (exact) mass is 286 g/mol. The van der Waals surface area contributed by atoms with Crippen molar-refractivity contribution in [2.45, 2.75) is 70.1 Å². The second-order valence-corrected chi connectivity index (χ2v) is 6.04. The van der Waals surface area contributed by atoms with Crippen LogP contribution in [-0.4, -0.2) is 56.5 Å². The van der Waals surface area contributed by atoms with Crippen molar-refractivity contribution >= 4 is 0 Å². The summed E-state index contributed by atoms with van der Waals surface area (Å²) in [6.45, 7) is 7.00. The molecule has 0 radical (unpaired) electrons. The van der Waals surface area contributed by atoms with E-state index in [1.165, 1.54) is 32.1 Å². The first-order valence-electron chi connectivity index (χ1n) is 8.16. The van der Waals surface area contributed by atoms with E-state index >= 15 is 0 Å². The summed E-state index contributed by atoms with van der Waals surface area (Å²) in [5.41, 5.74) is 6.33. The maximum atomic E-state index is 6.24. The quantitative estimate of drug-likeness (QED) is 0.707. The number of nitrogens with two attached hydrogens (primary N) is 1. The van der Waals surface area contributed by atoms with Gasteiger partial charge in [0.05, 0.1) is 12.7 Å². The molecule has 1 fully saturated rings. The molecule has 2 N–H and O–H groups in total. The summed E-state index contributed by atoms with van der Waals surface area (Å²) in [6, 6.07) is 0.587.